The van der Waals surface area contributed by atoms with Gasteiger partial charge in [0.15, 0.2) is 0 Å². The molecule has 0 aliphatic heterocycles. The summed E-state index contributed by atoms with van der Waals surface area (Å²) in [6.07, 6.45) is 0.783. The third kappa shape index (κ3) is 3.56. The summed E-state index contributed by atoms with van der Waals surface area (Å²) in [6.45, 7) is 3.77. The van der Waals surface area contributed by atoms with Gasteiger partial charge in [0, 0.05) is 19.6 Å². The summed E-state index contributed by atoms with van der Waals surface area (Å²) >= 11 is 0. The first-order valence-electron chi connectivity index (χ1n) is 6.17. The van der Waals surface area contributed by atoms with Gasteiger partial charge in [-0.2, -0.15) is 0 Å². The van der Waals surface area contributed by atoms with E-state index < -0.39 is 6.10 Å². The normalized spacial score (nSPS) is 24.9. The van der Waals surface area contributed by atoms with Crippen LogP contribution < -0.4 is 5.32 Å². The number of rotatable bonds is 7. The Labute approximate surface area is 102 Å². The van der Waals surface area contributed by atoms with Gasteiger partial charge in [-0.3, -0.25) is 0 Å². The van der Waals surface area contributed by atoms with Gasteiger partial charge in [-0.15, -0.1) is 0 Å². The zero-order chi connectivity index (χ0) is 12.3. The van der Waals surface area contributed by atoms with Crippen LogP contribution in [-0.2, 0) is 11.3 Å². The Morgan fingerprint density at radius 1 is 1.59 bits per heavy atom. The van der Waals surface area contributed by atoms with E-state index in [1.54, 1.807) is 7.11 Å². The number of hydrogen-bond acceptors (Lipinski definition) is 4. The third-order valence-corrected chi connectivity index (χ3v) is 3.20. The fourth-order valence-corrected chi connectivity index (χ4v) is 2.02. The Kier molecular flexibility index (Phi) is 4.20. The molecular formula is C13H21NO3. The SMILES string of the molecule is COCC(O)CNCc1ccc(C2CC2C)o1. The minimum absolute atomic E-state index is 0.357. The molecule has 2 N–H and O–H groups in total. The van der Waals surface area contributed by atoms with E-state index >= 15 is 0 Å². The predicted molar refractivity (Wildman–Crippen MR) is 64.8 cm³/mol. The maximum absolute atomic E-state index is 9.45. The molecule has 3 atom stereocenters. The lowest BCUT2D eigenvalue weighted by Crippen LogP contribution is -2.29. The van der Waals surface area contributed by atoms with Gasteiger partial charge < -0.3 is 19.6 Å². The predicted octanol–water partition coefficient (Wildman–Crippen LogP) is 1.50. The second-order valence-electron chi connectivity index (χ2n) is 4.86. The van der Waals surface area contributed by atoms with E-state index in [9.17, 15) is 5.11 Å². The number of methoxy groups -OCH3 is 1. The summed E-state index contributed by atoms with van der Waals surface area (Å²) in [5.74, 6) is 3.43. The molecule has 3 unspecified atom stereocenters. The van der Waals surface area contributed by atoms with Gasteiger partial charge in [0.2, 0.25) is 0 Å². The molecule has 0 radical (unpaired) electrons. The van der Waals surface area contributed by atoms with Gasteiger partial charge in [-0.05, 0) is 24.5 Å². The van der Waals surface area contributed by atoms with Crippen LogP contribution in [0, 0.1) is 5.92 Å². The van der Waals surface area contributed by atoms with Crippen LogP contribution in [0.1, 0.15) is 30.8 Å². The van der Waals surface area contributed by atoms with E-state index in [1.165, 1.54) is 6.42 Å². The van der Waals surface area contributed by atoms with Gasteiger partial charge in [-0.1, -0.05) is 6.92 Å². The molecular weight excluding hydrogens is 218 g/mol. The largest absolute Gasteiger partial charge is 0.464 e. The smallest absolute Gasteiger partial charge is 0.117 e. The van der Waals surface area contributed by atoms with E-state index in [0.29, 0.717) is 25.6 Å². The van der Waals surface area contributed by atoms with Crippen molar-refractivity contribution in [1.82, 2.24) is 5.32 Å². The topological polar surface area (TPSA) is 54.6 Å². The monoisotopic (exact) mass is 239 g/mol. The van der Waals surface area contributed by atoms with Crippen molar-refractivity contribution in [1.29, 1.82) is 0 Å². The van der Waals surface area contributed by atoms with Gasteiger partial charge in [0.1, 0.15) is 11.5 Å². The highest BCUT2D eigenvalue weighted by atomic mass is 16.5. The number of aliphatic hydroxyl groups is 1. The fourth-order valence-electron chi connectivity index (χ4n) is 2.02. The van der Waals surface area contributed by atoms with Crippen LogP contribution in [0.2, 0.25) is 0 Å². The molecule has 1 saturated carbocycles. The molecule has 4 nitrogen and oxygen atoms in total. The minimum Gasteiger partial charge on any atom is -0.464 e. The lowest BCUT2D eigenvalue weighted by atomic mass is 10.3. The van der Waals surface area contributed by atoms with Crippen LogP contribution in [0.5, 0.6) is 0 Å². The van der Waals surface area contributed by atoms with E-state index in [2.05, 4.69) is 18.3 Å². The first-order valence-corrected chi connectivity index (χ1v) is 6.17. The standard InChI is InChI=1S/C13H21NO3/c1-9-5-12(9)13-4-3-11(17-13)7-14-6-10(15)8-16-2/h3-4,9-10,12,14-15H,5-8H2,1-2H3. The number of hydrogen-bond donors (Lipinski definition) is 2. The highest BCUT2D eigenvalue weighted by Crippen LogP contribution is 2.47. The van der Waals surface area contributed by atoms with Crippen LogP contribution in [-0.4, -0.2) is 31.5 Å². The zero-order valence-corrected chi connectivity index (χ0v) is 10.5. The van der Waals surface area contributed by atoms with Crippen LogP contribution >= 0.6 is 0 Å². The molecule has 0 saturated heterocycles. The molecule has 96 valence electrons. The molecule has 4 heteroatoms. The molecule has 1 aromatic rings. The first-order chi connectivity index (χ1) is 8.20. The summed E-state index contributed by atoms with van der Waals surface area (Å²) in [6, 6.07) is 4.08. The van der Waals surface area contributed by atoms with Gasteiger partial charge in [-0.25, -0.2) is 0 Å². The molecule has 1 heterocycles. The van der Waals surface area contributed by atoms with Crippen molar-refractivity contribution in [3.63, 3.8) is 0 Å². The number of nitrogens with one attached hydrogen (secondary N) is 1. The van der Waals surface area contributed by atoms with E-state index in [0.717, 1.165) is 17.4 Å². The molecule has 1 fully saturated rings. The average molecular weight is 239 g/mol. The number of ether oxygens (including phenoxy) is 1. The lowest BCUT2D eigenvalue weighted by molar-refractivity contribution is 0.0641. The second-order valence-corrected chi connectivity index (χ2v) is 4.86. The van der Waals surface area contributed by atoms with Crippen molar-refractivity contribution in [2.45, 2.75) is 31.9 Å². The van der Waals surface area contributed by atoms with Crippen LogP contribution in [0.3, 0.4) is 0 Å². The molecule has 0 spiro atoms. The molecule has 1 aromatic heterocycles. The second kappa shape index (κ2) is 5.67. The van der Waals surface area contributed by atoms with Crippen molar-refractivity contribution >= 4 is 0 Å². The summed E-state index contributed by atoms with van der Waals surface area (Å²) in [4.78, 5) is 0. The van der Waals surface area contributed by atoms with Gasteiger partial charge >= 0.3 is 0 Å². The molecule has 2 rings (SSSR count). The molecule has 0 aromatic carbocycles. The Morgan fingerprint density at radius 2 is 2.35 bits per heavy atom. The third-order valence-electron chi connectivity index (χ3n) is 3.20. The molecule has 0 bridgehead atoms. The number of aliphatic hydroxyl groups excluding tert-OH is 1. The Balaban J connectivity index is 1.70. The van der Waals surface area contributed by atoms with Gasteiger partial charge in [0.25, 0.3) is 0 Å². The Morgan fingerprint density at radius 3 is 3.00 bits per heavy atom. The fraction of sp³-hybridized carbons (Fsp3) is 0.692. The van der Waals surface area contributed by atoms with Crippen molar-refractivity contribution < 1.29 is 14.3 Å². The molecule has 1 aliphatic rings. The highest BCUT2D eigenvalue weighted by molar-refractivity contribution is 5.17. The molecule has 0 amide bonds. The maximum Gasteiger partial charge on any atom is 0.117 e. The number of furan rings is 1. The lowest BCUT2D eigenvalue weighted by Gasteiger charge is -2.09. The quantitative estimate of drug-likeness (QED) is 0.757. The van der Waals surface area contributed by atoms with Crippen LogP contribution in [0.25, 0.3) is 0 Å². The minimum atomic E-state index is -0.460. The molecule has 1 aliphatic carbocycles. The average Bonchev–Trinajstić information content (AvgIpc) is 2.84. The first kappa shape index (κ1) is 12.6. The summed E-state index contributed by atoms with van der Waals surface area (Å²) in [5.41, 5.74) is 0. The summed E-state index contributed by atoms with van der Waals surface area (Å²) < 4.78 is 10.6. The van der Waals surface area contributed by atoms with Crippen LogP contribution in [0.15, 0.2) is 16.5 Å². The van der Waals surface area contributed by atoms with E-state index in [-0.39, 0.29) is 0 Å². The van der Waals surface area contributed by atoms with Crippen molar-refractivity contribution in [3.05, 3.63) is 23.7 Å². The van der Waals surface area contributed by atoms with Gasteiger partial charge in [0.05, 0.1) is 19.3 Å². The van der Waals surface area contributed by atoms with Crippen molar-refractivity contribution in [2.75, 3.05) is 20.3 Å². The zero-order valence-electron chi connectivity index (χ0n) is 10.5. The van der Waals surface area contributed by atoms with E-state index in [4.69, 9.17) is 9.15 Å². The van der Waals surface area contributed by atoms with Crippen LogP contribution in [0.4, 0.5) is 0 Å². The highest BCUT2D eigenvalue weighted by Gasteiger charge is 2.36. The Hall–Kier alpha value is -0.840. The Bertz CT molecular complexity index is 350. The van der Waals surface area contributed by atoms with Crippen molar-refractivity contribution in [2.24, 2.45) is 5.92 Å². The summed E-state index contributed by atoms with van der Waals surface area (Å²) in [5, 5.41) is 12.6. The van der Waals surface area contributed by atoms with Crippen molar-refractivity contribution in [3.8, 4) is 0 Å². The summed E-state index contributed by atoms with van der Waals surface area (Å²) in [7, 11) is 1.58. The molecule has 17 heavy (non-hydrogen) atoms. The van der Waals surface area contributed by atoms with E-state index in [1.807, 2.05) is 6.07 Å². The maximum atomic E-state index is 9.45.